The maximum Gasteiger partial charge on any atom is 0.271 e. The first-order valence-electron chi connectivity index (χ1n) is 7.88. The highest BCUT2D eigenvalue weighted by atomic mass is 35.5. The second-order valence-electron chi connectivity index (χ2n) is 5.33. The minimum Gasteiger partial charge on any atom is -0.267 e. The molecule has 0 saturated heterocycles. The maximum atomic E-state index is 12.2. The Labute approximate surface area is 142 Å². The molecule has 0 heterocycles. The van der Waals surface area contributed by atoms with Crippen LogP contribution < -0.4 is 5.43 Å². The van der Waals surface area contributed by atoms with E-state index in [2.05, 4.69) is 17.5 Å². The molecule has 4 heteroatoms. The van der Waals surface area contributed by atoms with E-state index in [1.165, 1.54) is 0 Å². The molecule has 2 aromatic rings. The van der Waals surface area contributed by atoms with E-state index < -0.39 is 0 Å². The van der Waals surface area contributed by atoms with E-state index in [9.17, 15) is 4.79 Å². The average molecular weight is 329 g/mol. The van der Waals surface area contributed by atoms with Gasteiger partial charge in [-0.25, -0.2) is 5.43 Å². The standard InChI is InChI=1S/C19H21ClN2O/c1-2-3-5-13-18(15-9-6-4-7-10-15)21-22-19(23)16-11-8-12-17(20)14-16/h4,6-12,14H,2-3,5,13H2,1H3,(H,22,23)/b21-18-. The molecule has 0 aliphatic carbocycles. The highest BCUT2D eigenvalue weighted by Gasteiger charge is 2.07. The first-order valence-corrected chi connectivity index (χ1v) is 8.26. The summed E-state index contributed by atoms with van der Waals surface area (Å²) in [5, 5.41) is 4.88. The Morgan fingerprint density at radius 2 is 1.78 bits per heavy atom. The molecule has 3 nitrogen and oxygen atoms in total. The zero-order valence-corrected chi connectivity index (χ0v) is 14.0. The van der Waals surface area contributed by atoms with Gasteiger partial charge in [-0.1, -0.05) is 67.8 Å². The van der Waals surface area contributed by atoms with E-state index in [4.69, 9.17) is 11.6 Å². The van der Waals surface area contributed by atoms with Gasteiger partial charge in [-0.2, -0.15) is 5.10 Å². The summed E-state index contributed by atoms with van der Waals surface area (Å²) < 4.78 is 0. The van der Waals surface area contributed by atoms with Crippen LogP contribution >= 0.6 is 11.6 Å². The summed E-state index contributed by atoms with van der Waals surface area (Å²) in [6, 6.07) is 16.8. The fourth-order valence-electron chi connectivity index (χ4n) is 2.25. The predicted octanol–water partition coefficient (Wildman–Crippen LogP) is 5.05. The van der Waals surface area contributed by atoms with Gasteiger partial charge in [-0.3, -0.25) is 4.79 Å². The Bertz CT molecular complexity index is 668. The highest BCUT2D eigenvalue weighted by Crippen LogP contribution is 2.11. The number of hydrazone groups is 1. The van der Waals surface area contributed by atoms with Crippen molar-refractivity contribution in [2.45, 2.75) is 32.6 Å². The molecule has 0 atom stereocenters. The summed E-state index contributed by atoms with van der Waals surface area (Å²) >= 11 is 5.92. The number of unbranched alkanes of at least 4 members (excludes halogenated alkanes) is 2. The van der Waals surface area contributed by atoms with Gasteiger partial charge in [-0.05, 0) is 36.6 Å². The SMILES string of the molecule is CCCCC/C(=N/NC(=O)c1cccc(Cl)c1)c1ccccc1. The van der Waals surface area contributed by atoms with E-state index in [0.29, 0.717) is 10.6 Å². The van der Waals surface area contributed by atoms with Crippen LogP contribution in [0.15, 0.2) is 59.7 Å². The highest BCUT2D eigenvalue weighted by molar-refractivity contribution is 6.30. The lowest BCUT2D eigenvalue weighted by molar-refractivity contribution is 0.0955. The van der Waals surface area contributed by atoms with Crippen molar-refractivity contribution in [1.29, 1.82) is 0 Å². The Morgan fingerprint density at radius 1 is 1.04 bits per heavy atom. The van der Waals surface area contributed by atoms with Crippen LogP contribution in [0.5, 0.6) is 0 Å². The van der Waals surface area contributed by atoms with Crippen LogP contribution in [0.1, 0.15) is 48.5 Å². The molecule has 0 bridgehead atoms. The van der Waals surface area contributed by atoms with Crippen LogP contribution in [0, 0.1) is 0 Å². The molecule has 0 aliphatic rings. The van der Waals surface area contributed by atoms with Gasteiger partial charge >= 0.3 is 0 Å². The van der Waals surface area contributed by atoms with Crippen molar-refractivity contribution in [2.75, 3.05) is 0 Å². The van der Waals surface area contributed by atoms with Gasteiger partial charge < -0.3 is 0 Å². The Hall–Kier alpha value is -2.13. The minimum absolute atomic E-state index is 0.253. The number of rotatable bonds is 7. The molecule has 0 spiro atoms. The van der Waals surface area contributed by atoms with Crippen molar-refractivity contribution >= 4 is 23.2 Å². The summed E-state index contributed by atoms with van der Waals surface area (Å²) in [4.78, 5) is 12.2. The summed E-state index contributed by atoms with van der Waals surface area (Å²) in [6.45, 7) is 2.17. The predicted molar refractivity (Wildman–Crippen MR) is 96.0 cm³/mol. The zero-order valence-electron chi connectivity index (χ0n) is 13.3. The van der Waals surface area contributed by atoms with Gasteiger partial charge in [0.05, 0.1) is 5.71 Å². The number of amides is 1. The Balaban J connectivity index is 2.11. The van der Waals surface area contributed by atoms with Crippen LogP contribution in [-0.2, 0) is 0 Å². The lowest BCUT2D eigenvalue weighted by Gasteiger charge is -2.07. The smallest absolute Gasteiger partial charge is 0.267 e. The van der Waals surface area contributed by atoms with E-state index in [1.807, 2.05) is 30.3 Å². The van der Waals surface area contributed by atoms with Crippen LogP contribution in [0.2, 0.25) is 5.02 Å². The second-order valence-corrected chi connectivity index (χ2v) is 5.77. The lowest BCUT2D eigenvalue weighted by Crippen LogP contribution is -2.20. The fourth-order valence-corrected chi connectivity index (χ4v) is 2.44. The third-order valence-corrected chi connectivity index (χ3v) is 3.74. The van der Waals surface area contributed by atoms with Crippen LogP contribution in [0.4, 0.5) is 0 Å². The van der Waals surface area contributed by atoms with E-state index in [1.54, 1.807) is 24.3 Å². The molecule has 0 unspecified atom stereocenters. The molecule has 0 radical (unpaired) electrons. The molecule has 0 fully saturated rings. The Kier molecular flexibility index (Phi) is 6.82. The number of hydrogen-bond acceptors (Lipinski definition) is 2. The summed E-state index contributed by atoms with van der Waals surface area (Å²) in [5.41, 5.74) is 5.08. The van der Waals surface area contributed by atoms with Crippen molar-refractivity contribution in [3.8, 4) is 0 Å². The first kappa shape index (κ1) is 17.2. The van der Waals surface area contributed by atoms with Gasteiger partial charge in [-0.15, -0.1) is 0 Å². The van der Waals surface area contributed by atoms with E-state index >= 15 is 0 Å². The number of benzene rings is 2. The van der Waals surface area contributed by atoms with Gasteiger partial charge in [0.25, 0.3) is 5.91 Å². The molecular formula is C19H21ClN2O. The first-order chi connectivity index (χ1) is 11.2. The summed E-state index contributed by atoms with van der Waals surface area (Å²) in [7, 11) is 0. The average Bonchev–Trinajstić information content (AvgIpc) is 2.58. The molecule has 0 saturated carbocycles. The van der Waals surface area contributed by atoms with Crippen molar-refractivity contribution in [2.24, 2.45) is 5.10 Å². The maximum absolute atomic E-state index is 12.2. The number of nitrogens with one attached hydrogen (secondary N) is 1. The minimum atomic E-state index is -0.253. The summed E-state index contributed by atoms with van der Waals surface area (Å²) in [6.07, 6.45) is 4.19. The zero-order chi connectivity index (χ0) is 16.5. The van der Waals surface area contributed by atoms with Crippen LogP contribution in [0.3, 0.4) is 0 Å². The van der Waals surface area contributed by atoms with Gasteiger partial charge in [0, 0.05) is 10.6 Å². The molecule has 2 aromatic carbocycles. The molecule has 23 heavy (non-hydrogen) atoms. The number of carbonyl (C=O) groups is 1. The van der Waals surface area contributed by atoms with Crippen LogP contribution in [-0.4, -0.2) is 11.6 Å². The number of hydrogen-bond donors (Lipinski definition) is 1. The molecular weight excluding hydrogens is 308 g/mol. The molecule has 0 aromatic heterocycles. The monoisotopic (exact) mass is 328 g/mol. The molecule has 0 aliphatic heterocycles. The van der Waals surface area contributed by atoms with Crippen molar-refractivity contribution in [1.82, 2.24) is 5.43 Å². The normalized spacial score (nSPS) is 11.3. The number of nitrogens with zero attached hydrogens (tertiary/aromatic N) is 1. The number of halogens is 1. The quantitative estimate of drug-likeness (QED) is 0.431. The van der Waals surface area contributed by atoms with E-state index in [0.717, 1.165) is 37.0 Å². The topological polar surface area (TPSA) is 41.5 Å². The second kappa shape index (κ2) is 9.11. The fraction of sp³-hybridized carbons (Fsp3) is 0.263. The third-order valence-electron chi connectivity index (χ3n) is 3.50. The third kappa shape index (κ3) is 5.53. The van der Waals surface area contributed by atoms with Gasteiger partial charge in [0.15, 0.2) is 0 Å². The van der Waals surface area contributed by atoms with Crippen LogP contribution in [0.25, 0.3) is 0 Å². The molecule has 2 rings (SSSR count). The summed E-state index contributed by atoms with van der Waals surface area (Å²) in [5.74, 6) is -0.253. The van der Waals surface area contributed by atoms with Crippen molar-refractivity contribution in [3.63, 3.8) is 0 Å². The Morgan fingerprint density at radius 3 is 2.48 bits per heavy atom. The largest absolute Gasteiger partial charge is 0.271 e. The lowest BCUT2D eigenvalue weighted by atomic mass is 10.0. The molecule has 1 amide bonds. The van der Waals surface area contributed by atoms with Gasteiger partial charge in [0.1, 0.15) is 0 Å². The number of carbonyl (C=O) groups excluding carboxylic acids is 1. The van der Waals surface area contributed by atoms with Gasteiger partial charge in [0.2, 0.25) is 0 Å². The van der Waals surface area contributed by atoms with Crippen molar-refractivity contribution < 1.29 is 4.79 Å². The molecule has 1 N–H and O–H groups in total. The molecule has 120 valence electrons. The van der Waals surface area contributed by atoms with E-state index in [-0.39, 0.29) is 5.91 Å². The van der Waals surface area contributed by atoms with Crippen molar-refractivity contribution in [3.05, 3.63) is 70.7 Å².